The summed E-state index contributed by atoms with van der Waals surface area (Å²) in [6.45, 7) is 21.7. The van der Waals surface area contributed by atoms with Gasteiger partial charge in [0, 0.05) is 170 Å². The predicted molar refractivity (Wildman–Crippen MR) is 569 cm³/mol. The summed E-state index contributed by atoms with van der Waals surface area (Å²) >= 11 is 0. The second-order valence-electron chi connectivity index (χ2n) is 36.1. The van der Waals surface area contributed by atoms with E-state index in [9.17, 15) is 42.3 Å². The zero-order chi connectivity index (χ0) is 103. The number of amides is 4. The molecule has 1 saturated heterocycles. The number of anilines is 14. The normalized spacial score (nSPS) is 11.6. The summed E-state index contributed by atoms with van der Waals surface area (Å²) < 4.78 is 53.8. The summed E-state index contributed by atoms with van der Waals surface area (Å²) in [5.74, 6) is 0.633. The van der Waals surface area contributed by atoms with Crippen LogP contribution in [0, 0.1) is 18.6 Å². The number of hydrogen-bond acceptors (Lipinski definition) is 24. The van der Waals surface area contributed by atoms with Gasteiger partial charge in [-0.1, -0.05) is 177 Å². The van der Waals surface area contributed by atoms with E-state index < -0.39 is 11.6 Å². The Bertz CT molecular complexity index is 7320. The SMILES string of the molecule is CC(C)(C)c1ccc(C(=O)Cc2cccc(-c3cc(Nc4ccccc4)c4nccn4c3)c2)cc1.CCC(=O)Nc1cccc(Nc2nc(Nc3ccc(OCCOC)cc3)ncc2F)c1.CCC(=O)Nc1cccc(Nc2nc(Nc3ccc(Oc4ccnc(C(=O)NC)c4)cc3)ncc2F)c1.Cc1c(CC(=O)c2ccc(C(C)(C)C)cc2)cccc1-c1cn(C)c(=O)c(Nc2ccc(C(=O)N3CCOCC3)cc2)n1. The molecule has 1 fully saturated rings. The number of hydrogen-bond donors (Lipinski definition) is 9. The van der Waals surface area contributed by atoms with Crippen molar-refractivity contribution in [2.75, 3.05) is 96.2 Å². The highest BCUT2D eigenvalue weighted by Gasteiger charge is 2.24. The molecule has 0 saturated carbocycles. The van der Waals surface area contributed by atoms with Gasteiger partial charge in [0.15, 0.2) is 46.3 Å². The van der Waals surface area contributed by atoms with Crippen molar-refractivity contribution in [1.29, 1.82) is 0 Å². The van der Waals surface area contributed by atoms with Gasteiger partial charge < -0.3 is 80.7 Å². The number of benzene rings is 10. The van der Waals surface area contributed by atoms with Crippen LogP contribution in [0.25, 0.3) is 28.0 Å². The number of methoxy groups -OCH3 is 1. The molecule has 746 valence electrons. The number of para-hydroxylation sites is 1. The Kier molecular flexibility index (Phi) is 35.2. The quantitative estimate of drug-likeness (QED) is 0.0140. The maximum absolute atomic E-state index is 14.4. The highest BCUT2D eigenvalue weighted by Crippen LogP contribution is 2.35. The van der Waals surface area contributed by atoms with Gasteiger partial charge in [-0.05, 0) is 185 Å². The molecule has 4 amide bonds. The zero-order valence-electron chi connectivity index (χ0n) is 83.2. The van der Waals surface area contributed by atoms with Crippen molar-refractivity contribution in [1.82, 2.24) is 54.1 Å². The lowest BCUT2D eigenvalue weighted by Gasteiger charge is -2.26. The first-order chi connectivity index (χ1) is 70.4. The summed E-state index contributed by atoms with van der Waals surface area (Å²) in [6, 6.07) is 80.3. The van der Waals surface area contributed by atoms with Crippen LogP contribution in [0.4, 0.5) is 89.3 Å². The zero-order valence-corrected chi connectivity index (χ0v) is 83.2. The highest BCUT2D eigenvalue weighted by atomic mass is 19.1. The number of imidazole rings is 1. The minimum Gasteiger partial charge on any atom is -0.491 e. The van der Waals surface area contributed by atoms with Gasteiger partial charge in [-0.3, -0.25) is 38.5 Å². The first kappa shape index (κ1) is 104. The summed E-state index contributed by atoms with van der Waals surface area (Å²) in [7, 11) is 4.83. The second kappa shape index (κ2) is 49.3. The predicted octanol–water partition coefficient (Wildman–Crippen LogP) is 22.6. The van der Waals surface area contributed by atoms with Crippen LogP contribution < -0.4 is 62.9 Å². The van der Waals surface area contributed by atoms with Crippen LogP contribution in [0.3, 0.4) is 0 Å². The van der Waals surface area contributed by atoms with Gasteiger partial charge in [0.05, 0.1) is 43.6 Å². The molecule has 0 spiro atoms. The van der Waals surface area contributed by atoms with E-state index in [1.807, 2.05) is 127 Å². The van der Waals surface area contributed by atoms with Crippen molar-refractivity contribution in [3.05, 3.63) is 376 Å². The van der Waals surface area contributed by atoms with Crippen LogP contribution in [0.15, 0.2) is 309 Å². The van der Waals surface area contributed by atoms with E-state index in [4.69, 9.17) is 18.9 Å². The summed E-state index contributed by atoms with van der Waals surface area (Å²) in [5, 5.41) is 26.5. The van der Waals surface area contributed by atoms with E-state index >= 15 is 0 Å². The smallest absolute Gasteiger partial charge is 0.293 e. The minimum absolute atomic E-state index is 0.0102. The number of Topliss-reactive ketones (excluding diaryl/α,β-unsaturated/α-hetero) is 2. The lowest BCUT2D eigenvalue weighted by atomic mass is 9.86. The fourth-order valence-electron chi connectivity index (χ4n) is 15.2. The summed E-state index contributed by atoms with van der Waals surface area (Å²) in [6.07, 6.45) is 12.5. The lowest BCUT2D eigenvalue weighted by Crippen LogP contribution is -2.40. The average molecular weight is 1970 g/mol. The Balaban J connectivity index is 0.000000155. The lowest BCUT2D eigenvalue weighted by molar-refractivity contribution is -0.116. The summed E-state index contributed by atoms with van der Waals surface area (Å²) in [4.78, 5) is 118. The van der Waals surface area contributed by atoms with Gasteiger partial charge in [0.2, 0.25) is 23.7 Å². The Hall–Kier alpha value is -17.5. The van der Waals surface area contributed by atoms with Gasteiger partial charge in [-0.25, -0.2) is 28.7 Å². The molecule has 0 unspecified atom stereocenters. The molecule has 0 radical (unpaired) electrons. The largest absolute Gasteiger partial charge is 0.491 e. The van der Waals surface area contributed by atoms with Crippen molar-refractivity contribution in [2.45, 2.75) is 98.8 Å². The van der Waals surface area contributed by atoms with E-state index in [1.165, 1.54) is 28.9 Å². The fourth-order valence-corrected chi connectivity index (χ4v) is 15.2. The number of morpholine rings is 1. The molecule has 0 bridgehead atoms. The van der Waals surface area contributed by atoms with E-state index in [1.54, 1.807) is 167 Å². The number of fused-ring (bicyclic) bond motifs is 1. The Morgan fingerprint density at radius 1 is 0.473 bits per heavy atom. The average Bonchev–Trinajstić information content (AvgIpc) is 1.39. The molecule has 0 aliphatic carbocycles. The topological polar surface area (TPSA) is 367 Å². The van der Waals surface area contributed by atoms with E-state index in [2.05, 4.69) is 161 Å². The molecule has 9 N–H and O–H groups in total. The molecule has 30 nitrogen and oxygen atoms in total. The molecule has 6 aromatic heterocycles. The van der Waals surface area contributed by atoms with Gasteiger partial charge in [0.25, 0.3) is 17.4 Å². The number of pyridine rings is 2. The molecule has 0 atom stereocenters. The van der Waals surface area contributed by atoms with Gasteiger partial charge in [-0.15, -0.1) is 0 Å². The van der Waals surface area contributed by atoms with Crippen molar-refractivity contribution < 1.29 is 56.5 Å². The van der Waals surface area contributed by atoms with Crippen LogP contribution in [0.1, 0.15) is 138 Å². The molecular weight excluding hydrogens is 1850 g/mol. The maximum Gasteiger partial charge on any atom is 0.293 e. The van der Waals surface area contributed by atoms with E-state index in [-0.39, 0.29) is 93.0 Å². The first-order valence-electron chi connectivity index (χ1n) is 47.6. The van der Waals surface area contributed by atoms with Crippen molar-refractivity contribution >= 4 is 121 Å². The third kappa shape index (κ3) is 29.1. The number of ketones is 2. The van der Waals surface area contributed by atoms with Crippen LogP contribution in [0.5, 0.6) is 17.2 Å². The number of carbonyl (C=O) groups is 6. The van der Waals surface area contributed by atoms with Gasteiger partial charge >= 0.3 is 0 Å². The molecule has 1 aliphatic rings. The third-order valence-electron chi connectivity index (χ3n) is 23.3. The number of nitrogens with one attached hydrogen (secondary N) is 9. The molecule has 17 rings (SSSR count). The number of carbonyl (C=O) groups excluding carboxylic acids is 6. The van der Waals surface area contributed by atoms with Gasteiger partial charge in [0.1, 0.15) is 29.5 Å². The third-order valence-corrected chi connectivity index (χ3v) is 23.3. The maximum atomic E-state index is 14.4. The van der Waals surface area contributed by atoms with E-state index in [0.29, 0.717) is 127 Å². The number of ether oxygens (including phenoxy) is 4. The Labute approximate surface area is 845 Å². The Morgan fingerprint density at radius 2 is 0.993 bits per heavy atom. The van der Waals surface area contributed by atoms with Crippen molar-refractivity contribution in [3.8, 4) is 39.6 Å². The van der Waals surface area contributed by atoms with Gasteiger partial charge in [-0.2, -0.15) is 9.97 Å². The fraction of sp³-hybridized carbons (Fsp3) is 0.211. The van der Waals surface area contributed by atoms with Crippen LogP contribution in [-0.4, -0.2) is 138 Å². The van der Waals surface area contributed by atoms with Crippen molar-refractivity contribution in [3.63, 3.8) is 0 Å². The molecular formula is C114H115F2N19O11. The Morgan fingerprint density at radius 3 is 1.56 bits per heavy atom. The summed E-state index contributed by atoms with van der Waals surface area (Å²) in [5.41, 5.74) is 18.0. The molecule has 1 aliphatic heterocycles. The number of rotatable bonds is 32. The molecule has 146 heavy (non-hydrogen) atoms. The van der Waals surface area contributed by atoms with Crippen LogP contribution in [0.2, 0.25) is 0 Å². The second-order valence-corrected chi connectivity index (χ2v) is 36.1. The molecule has 7 heterocycles. The van der Waals surface area contributed by atoms with E-state index in [0.717, 1.165) is 74.0 Å². The monoisotopic (exact) mass is 1960 g/mol. The van der Waals surface area contributed by atoms with Crippen LogP contribution in [-0.2, 0) is 49.8 Å². The number of aromatic nitrogens is 9. The first-order valence-corrected chi connectivity index (χ1v) is 47.6. The number of nitrogens with zero attached hydrogens (tertiary/aromatic N) is 10. The highest BCUT2D eigenvalue weighted by molar-refractivity contribution is 5.99. The molecule has 16 aromatic rings. The van der Waals surface area contributed by atoms with Crippen LogP contribution >= 0.6 is 0 Å². The molecule has 10 aromatic carbocycles. The standard InChI is InChI=1S/C35H38N4O4.C31H29N3O.C26H24FN7O3.C22H24FN5O3/c1-23-26(21-31(40)24-9-13-27(14-10-24)35(2,3)4)7-6-8-29(23)30-22-38(5)34(42)32(37-30)36-28-15-11-25(12-16-28)33(41)39-17-19-43-20-18-39;1-31(2,3)26-14-12-23(13-15-26)29(35)19-22-8-7-9-24(18-22)25-20-28(30-32-16-17-34(30)21-25)33-27-10-5-4-6-11-27;1-3-23(35)31-17-5-4-6-18(13-17)32-24-21(27)15-30-26(34-24)33-16-7-9-19(10-8-16)37-20-11-12-29-22(14-20)25(36)28-2;1-3-20(29)25-16-5-4-6-17(13-16)26-21-19(23)14-24-22(28-21)27-15-7-9-18(10-8-15)31-12-11-30-2/h6-16,22H,17-21H2,1-5H3,(H,36,37);4-18,20-21,33H,19H2,1-3H3;4-15H,3H2,1-2H3,(H,28,36)(H,31,35)(H2,30,32,33,34);4-10,13-14H,3,11-12H2,1-2H3,(H,25,29)(H2,24,26,27,28). The number of aryl methyl sites for hydroxylation is 1. The number of halogens is 2. The minimum atomic E-state index is -0.634. The van der Waals surface area contributed by atoms with Crippen molar-refractivity contribution in [2.24, 2.45) is 7.05 Å². The molecule has 32 heteroatoms.